The van der Waals surface area contributed by atoms with E-state index in [0.717, 1.165) is 12.7 Å². The molecule has 0 amide bonds. The first-order valence-corrected chi connectivity index (χ1v) is 8.05. The van der Waals surface area contributed by atoms with Crippen LogP contribution in [0, 0.1) is 0 Å². The van der Waals surface area contributed by atoms with E-state index in [4.69, 9.17) is 14.0 Å². The molecule has 0 fully saturated rings. The number of rotatable bonds is 9. The predicted molar refractivity (Wildman–Crippen MR) is 89.4 cm³/mol. The molecule has 0 spiro atoms. The Labute approximate surface area is 148 Å². The van der Waals surface area contributed by atoms with Gasteiger partial charge in [-0.1, -0.05) is 48.6 Å². The summed E-state index contributed by atoms with van der Waals surface area (Å²) in [6, 6.07) is 10.4. The second-order valence-electron chi connectivity index (χ2n) is 6.37. The predicted octanol–water partition coefficient (Wildman–Crippen LogP) is 1.45. The van der Waals surface area contributed by atoms with Crippen molar-refractivity contribution >= 4 is 6.75 Å². The zero-order valence-electron chi connectivity index (χ0n) is 15.3. The van der Waals surface area contributed by atoms with E-state index in [0.29, 0.717) is 0 Å². The summed E-state index contributed by atoms with van der Waals surface area (Å²) in [6.07, 6.45) is 1.82. The van der Waals surface area contributed by atoms with Crippen molar-refractivity contribution in [3.05, 3.63) is 35.9 Å². The molecule has 0 aliphatic heterocycles. The van der Waals surface area contributed by atoms with Gasteiger partial charge in [0.25, 0.3) is 0 Å². The minimum atomic E-state index is -1.74. The van der Waals surface area contributed by atoms with E-state index in [1.165, 1.54) is 5.56 Å². The molecule has 1 aromatic rings. The van der Waals surface area contributed by atoms with Crippen LogP contribution in [0.1, 0.15) is 47.1 Å². The second kappa shape index (κ2) is 10.5. The van der Waals surface area contributed by atoms with Gasteiger partial charge in [-0.2, -0.15) is 0 Å². The minimum absolute atomic E-state index is 0. The van der Waals surface area contributed by atoms with Crippen molar-refractivity contribution in [1.82, 2.24) is 0 Å². The van der Waals surface area contributed by atoms with Crippen LogP contribution < -0.4 is 18.9 Å². The van der Waals surface area contributed by atoms with Crippen molar-refractivity contribution in [3.8, 4) is 0 Å². The minimum Gasteiger partial charge on any atom is -0.542 e. The molecule has 22 heavy (non-hydrogen) atoms. The Balaban J connectivity index is 0.00000441. The molecule has 0 N–H and O–H groups in total. The van der Waals surface area contributed by atoms with Gasteiger partial charge in [-0.25, -0.2) is 0 Å². The zero-order valence-corrected chi connectivity index (χ0v) is 15.3. The average molecular weight is 300 g/mol. The fraction of sp³-hybridized carbons (Fsp3) is 0.647. The molecule has 3 nitrogen and oxygen atoms in total. The molecule has 120 valence electrons. The Morgan fingerprint density at radius 1 is 0.773 bits per heavy atom. The number of aryl methyl sites for hydroxylation is 1. The molecule has 0 saturated carbocycles. The Hall–Kier alpha value is -0.238. The first-order chi connectivity index (χ1) is 9.83. The SMILES string of the molecule is CC(C)O[B-](CCc1ccccc1)(OC(C)C)OC(C)C.[Li+]. The summed E-state index contributed by atoms with van der Waals surface area (Å²) in [4.78, 5) is 0. The second-order valence-corrected chi connectivity index (χ2v) is 6.37. The molecule has 0 radical (unpaired) electrons. The topological polar surface area (TPSA) is 27.7 Å². The number of benzene rings is 1. The van der Waals surface area contributed by atoms with Gasteiger partial charge in [0.05, 0.1) is 0 Å². The molecule has 0 unspecified atom stereocenters. The van der Waals surface area contributed by atoms with Crippen LogP contribution in [0.3, 0.4) is 0 Å². The molecular weight excluding hydrogens is 270 g/mol. The van der Waals surface area contributed by atoms with Crippen LogP contribution in [-0.4, -0.2) is 25.1 Å². The van der Waals surface area contributed by atoms with Crippen LogP contribution in [-0.2, 0) is 20.4 Å². The molecule has 0 atom stereocenters. The van der Waals surface area contributed by atoms with Crippen LogP contribution in [0.15, 0.2) is 30.3 Å². The van der Waals surface area contributed by atoms with E-state index in [1.54, 1.807) is 0 Å². The van der Waals surface area contributed by atoms with Gasteiger partial charge in [0.15, 0.2) is 0 Å². The van der Waals surface area contributed by atoms with Crippen molar-refractivity contribution in [2.24, 2.45) is 0 Å². The summed E-state index contributed by atoms with van der Waals surface area (Å²) in [5, 5.41) is 0. The van der Waals surface area contributed by atoms with E-state index in [9.17, 15) is 0 Å². The summed E-state index contributed by atoms with van der Waals surface area (Å²) < 4.78 is 18.3. The molecule has 0 aliphatic rings. The van der Waals surface area contributed by atoms with Gasteiger partial charge in [0, 0.05) is 18.3 Å². The van der Waals surface area contributed by atoms with Crippen LogP contribution in [0.4, 0.5) is 0 Å². The van der Waals surface area contributed by atoms with Crippen molar-refractivity contribution in [3.63, 3.8) is 0 Å². The van der Waals surface area contributed by atoms with Crippen LogP contribution in [0.25, 0.3) is 0 Å². The monoisotopic (exact) mass is 300 g/mol. The van der Waals surface area contributed by atoms with Gasteiger partial charge >= 0.3 is 25.6 Å². The van der Waals surface area contributed by atoms with E-state index < -0.39 is 6.75 Å². The first kappa shape index (κ1) is 21.8. The molecule has 5 heteroatoms. The molecule has 1 rings (SSSR count). The third-order valence-electron chi connectivity index (χ3n) is 3.07. The summed E-state index contributed by atoms with van der Waals surface area (Å²) in [5.41, 5.74) is 1.27. The Bertz CT molecular complexity index is 370. The fourth-order valence-electron chi connectivity index (χ4n) is 2.53. The smallest absolute Gasteiger partial charge is 0.542 e. The maximum absolute atomic E-state index is 6.10. The van der Waals surface area contributed by atoms with E-state index in [2.05, 4.69) is 24.3 Å². The van der Waals surface area contributed by atoms with E-state index in [1.807, 2.05) is 47.6 Å². The Morgan fingerprint density at radius 3 is 1.55 bits per heavy atom. The van der Waals surface area contributed by atoms with Gasteiger partial charge in [0.1, 0.15) is 0 Å². The summed E-state index contributed by atoms with van der Waals surface area (Å²) >= 11 is 0. The van der Waals surface area contributed by atoms with Crippen molar-refractivity contribution in [2.45, 2.75) is 72.6 Å². The fourth-order valence-corrected chi connectivity index (χ4v) is 2.53. The maximum Gasteiger partial charge on any atom is 1.00 e. The molecule has 0 aliphatic carbocycles. The molecule has 0 aromatic heterocycles. The largest absolute Gasteiger partial charge is 1.00 e. The summed E-state index contributed by atoms with van der Waals surface area (Å²) in [6.45, 7) is 10.4. The quantitative estimate of drug-likeness (QED) is 0.646. The van der Waals surface area contributed by atoms with Gasteiger partial charge in [-0.05, 0) is 41.5 Å². The zero-order chi connectivity index (χ0) is 15.9. The van der Waals surface area contributed by atoms with Crippen molar-refractivity contribution in [1.29, 1.82) is 0 Å². The maximum atomic E-state index is 6.10. The number of hydrogen-bond acceptors (Lipinski definition) is 3. The molecule has 1 aromatic carbocycles. The van der Waals surface area contributed by atoms with Crippen LogP contribution >= 0.6 is 0 Å². The van der Waals surface area contributed by atoms with Gasteiger partial charge in [0.2, 0.25) is 0 Å². The normalized spacial score (nSPS) is 12.0. The third-order valence-corrected chi connectivity index (χ3v) is 3.07. The summed E-state index contributed by atoms with van der Waals surface area (Å²) in [7, 11) is 0. The molecule has 0 bridgehead atoms. The van der Waals surface area contributed by atoms with Crippen LogP contribution in [0.2, 0.25) is 6.32 Å². The molecule has 0 saturated heterocycles. The average Bonchev–Trinajstić information content (AvgIpc) is 2.35. The standard InChI is InChI=1S/C17H30BO3.Li/c1-14(2)19-18(20-15(3)4,21-16(5)6)13-12-17-10-8-7-9-11-17;/h7-11,14-16H,12-13H2,1-6H3;/q-1;+1. The number of hydrogen-bond donors (Lipinski definition) is 0. The van der Waals surface area contributed by atoms with Crippen molar-refractivity contribution < 1.29 is 32.8 Å². The van der Waals surface area contributed by atoms with E-state index >= 15 is 0 Å². The first-order valence-electron chi connectivity index (χ1n) is 8.05. The molecule has 0 heterocycles. The van der Waals surface area contributed by atoms with Gasteiger partial charge < -0.3 is 14.0 Å². The van der Waals surface area contributed by atoms with E-state index in [-0.39, 0.29) is 37.2 Å². The van der Waals surface area contributed by atoms with Gasteiger partial charge in [-0.15, -0.1) is 0 Å². The Kier molecular flexibility index (Phi) is 10.4. The third kappa shape index (κ3) is 8.41. The van der Waals surface area contributed by atoms with Gasteiger partial charge in [-0.3, -0.25) is 0 Å². The summed E-state index contributed by atoms with van der Waals surface area (Å²) in [5.74, 6) is 0. The van der Waals surface area contributed by atoms with Crippen molar-refractivity contribution in [2.75, 3.05) is 0 Å². The molecular formula is C17H30BLiO3. The van der Waals surface area contributed by atoms with Crippen LogP contribution in [0.5, 0.6) is 0 Å². The Morgan fingerprint density at radius 2 is 1.18 bits per heavy atom.